The van der Waals surface area contributed by atoms with Gasteiger partial charge in [0, 0.05) is 37.4 Å². The maximum atomic E-state index is 13.4. The average molecular weight is 583 g/mol. The van der Waals surface area contributed by atoms with Crippen LogP contribution in [0.3, 0.4) is 0 Å². The number of para-hydroxylation sites is 1. The van der Waals surface area contributed by atoms with Crippen LogP contribution in [-0.4, -0.2) is 87.5 Å². The Morgan fingerprint density at radius 3 is 2.51 bits per heavy atom. The third-order valence-corrected chi connectivity index (χ3v) is 7.92. The summed E-state index contributed by atoms with van der Waals surface area (Å²) in [7, 11) is 0. The van der Waals surface area contributed by atoms with Gasteiger partial charge in [0.05, 0.1) is 34.7 Å². The van der Waals surface area contributed by atoms with E-state index >= 15 is 0 Å². The molecule has 3 aliphatic heterocycles. The molecule has 2 saturated heterocycles. The van der Waals surface area contributed by atoms with Gasteiger partial charge in [-0.25, -0.2) is 0 Å². The number of aromatic hydroxyl groups is 1. The van der Waals surface area contributed by atoms with E-state index in [0.29, 0.717) is 61.7 Å². The Hall–Kier alpha value is -5.30. The number of hydrogen-bond donors (Lipinski definition) is 4. The van der Waals surface area contributed by atoms with Crippen LogP contribution in [0.2, 0.25) is 0 Å². The van der Waals surface area contributed by atoms with Gasteiger partial charge in [0.2, 0.25) is 11.8 Å². The summed E-state index contributed by atoms with van der Waals surface area (Å²) < 4.78 is 0. The number of piperidine rings is 1. The van der Waals surface area contributed by atoms with E-state index in [9.17, 15) is 24.3 Å². The third kappa shape index (κ3) is 5.26. The number of allylic oxidation sites excluding steroid dienone is 1. The van der Waals surface area contributed by atoms with Gasteiger partial charge in [0.1, 0.15) is 11.8 Å². The number of nitrogens with two attached hydrogens (primary N) is 1. The number of rotatable bonds is 6. The van der Waals surface area contributed by atoms with Crippen LogP contribution < -0.4 is 21.3 Å². The number of nitrogens with zero attached hydrogens (tertiary/aromatic N) is 5. The van der Waals surface area contributed by atoms with Crippen LogP contribution in [0.25, 0.3) is 11.3 Å². The Kier molecular flexibility index (Phi) is 7.24. The highest BCUT2D eigenvalue weighted by Crippen LogP contribution is 2.34. The van der Waals surface area contributed by atoms with Crippen LogP contribution in [0.5, 0.6) is 5.75 Å². The molecule has 0 radical (unpaired) electrons. The summed E-state index contributed by atoms with van der Waals surface area (Å²) in [4.78, 5) is 57.1. The molecule has 0 bridgehead atoms. The maximum absolute atomic E-state index is 13.4. The highest BCUT2D eigenvalue weighted by molar-refractivity contribution is 6.25. The van der Waals surface area contributed by atoms with Crippen molar-refractivity contribution in [1.82, 2.24) is 25.3 Å². The van der Waals surface area contributed by atoms with E-state index in [2.05, 4.69) is 32.3 Å². The minimum atomic E-state index is -0.933. The molecule has 4 amide bonds. The summed E-state index contributed by atoms with van der Waals surface area (Å²) in [6, 6.07) is 12.4. The number of nitrogen functional groups attached to an aromatic ring is 1. The van der Waals surface area contributed by atoms with E-state index in [-0.39, 0.29) is 40.8 Å². The number of aromatic nitrogens is 2. The van der Waals surface area contributed by atoms with E-state index < -0.39 is 23.8 Å². The Balaban J connectivity index is 1.10. The summed E-state index contributed by atoms with van der Waals surface area (Å²) in [5, 5.41) is 23.8. The molecule has 0 aliphatic carbocycles. The first-order chi connectivity index (χ1) is 20.7. The van der Waals surface area contributed by atoms with Crippen LogP contribution in [0.15, 0.2) is 60.8 Å². The third-order valence-electron chi connectivity index (χ3n) is 7.92. The van der Waals surface area contributed by atoms with Crippen molar-refractivity contribution in [2.45, 2.75) is 18.9 Å². The number of piperazine rings is 1. The van der Waals surface area contributed by atoms with E-state index in [1.54, 1.807) is 42.5 Å². The Morgan fingerprint density at radius 2 is 1.77 bits per heavy atom. The SMILES string of the molecule is C=C1CCC(N2C(=O)c3cccc(NC(=O)CN4CCN(c5cc(-c6ccccc6O)nnc5N)CC4)c3C2=O)C(=O)N1. The monoisotopic (exact) mass is 582 g/mol. The average Bonchev–Trinajstić information content (AvgIpc) is 3.24. The molecule has 1 aromatic heterocycles. The molecule has 13 nitrogen and oxygen atoms in total. The quantitative estimate of drug-likeness (QED) is 0.313. The lowest BCUT2D eigenvalue weighted by Gasteiger charge is -2.36. The molecule has 3 aromatic rings. The number of amides is 4. The van der Waals surface area contributed by atoms with Crippen LogP contribution in [0.4, 0.5) is 17.2 Å². The van der Waals surface area contributed by atoms with E-state index in [0.717, 1.165) is 4.90 Å². The number of nitrogens with one attached hydrogen (secondary N) is 2. The zero-order chi connectivity index (χ0) is 30.2. The van der Waals surface area contributed by atoms with E-state index in [1.807, 2.05) is 4.90 Å². The molecule has 2 aromatic carbocycles. The standard InChI is InChI=1S/C30H30N8O5/c1-17-9-10-22(28(41)32-17)38-29(42)19-6-4-7-20(26(19)30(38)43)33-25(40)16-36-11-13-37(14-12-36)23-15-21(34-35-27(23)31)18-5-2-3-8-24(18)39/h2-8,15,22,39H,1,9-14,16H2,(H2,31,35)(H,32,41)(H,33,40). The van der Waals surface area contributed by atoms with Gasteiger partial charge in [-0.15, -0.1) is 10.2 Å². The highest BCUT2D eigenvalue weighted by atomic mass is 16.3. The lowest BCUT2D eigenvalue weighted by atomic mass is 10.0. The molecule has 4 heterocycles. The Labute approximate surface area is 247 Å². The van der Waals surface area contributed by atoms with E-state index in [4.69, 9.17) is 5.73 Å². The van der Waals surface area contributed by atoms with Crippen LogP contribution in [0.1, 0.15) is 33.6 Å². The van der Waals surface area contributed by atoms with Crippen molar-refractivity contribution in [3.05, 3.63) is 71.9 Å². The predicted octanol–water partition coefficient (Wildman–Crippen LogP) is 1.58. The normalized spacial score (nSPS) is 18.9. The number of fused-ring (bicyclic) bond motifs is 1. The molecule has 6 rings (SSSR count). The number of carbonyl (C=O) groups excluding carboxylic acids is 4. The smallest absolute Gasteiger partial charge is 0.264 e. The zero-order valence-corrected chi connectivity index (χ0v) is 23.2. The summed E-state index contributed by atoms with van der Waals surface area (Å²) >= 11 is 0. The number of phenols is 1. The number of phenolic OH excluding ortho intramolecular Hbond substituents is 1. The van der Waals surface area contributed by atoms with Crippen molar-refractivity contribution in [2.75, 3.05) is 48.7 Å². The van der Waals surface area contributed by atoms with Crippen LogP contribution in [0, 0.1) is 0 Å². The first-order valence-electron chi connectivity index (χ1n) is 13.9. The minimum absolute atomic E-state index is 0.0731. The summed E-state index contributed by atoms with van der Waals surface area (Å²) in [5.74, 6) is -1.59. The first-order valence-corrected chi connectivity index (χ1v) is 13.9. The topological polar surface area (TPSA) is 174 Å². The number of anilines is 3. The van der Waals surface area contributed by atoms with Gasteiger partial charge >= 0.3 is 0 Å². The fourth-order valence-electron chi connectivity index (χ4n) is 5.71. The van der Waals surface area contributed by atoms with Crippen LogP contribution in [-0.2, 0) is 9.59 Å². The van der Waals surface area contributed by atoms with Crippen molar-refractivity contribution in [2.24, 2.45) is 0 Å². The van der Waals surface area contributed by atoms with Gasteiger partial charge in [0.25, 0.3) is 11.8 Å². The van der Waals surface area contributed by atoms with Crippen molar-refractivity contribution < 1.29 is 24.3 Å². The van der Waals surface area contributed by atoms with Gasteiger partial charge in [0.15, 0.2) is 5.82 Å². The molecule has 0 spiro atoms. The molecule has 5 N–H and O–H groups in total. The van der Waals surface area contributed by atoms with Crippen molar-refractivity contribution in [3.8, 4) is 17.0 Å². The fraction of sp³-hybridized carbons (Fsp3) is 0.267. The number of hydrogen-bond acceptors (Lipinski definition) is 10. The first kappa shape index (κ1) is 27.8. The molecular formula is C30H30N8O5. The number of carbonyl (C=O) groups is 4. The van der Waals surface area contributed by atoms with Crippen LogP contribution >= 0.6 is 0 Å². The van der Waals surface area contributed by atoms with E-state index in [1.165, 1.54) is 6.07 Å². The second kappa shape index (κ2) is 11.2. The fourth-order valence-corrected chi connectivity index (χ4v) is 5.71. The Bertz CT molecular complexity index is 1670. The number of benzene rings is 2. The maximum Gasteiger partial charge on any atom is 0.264 e. The van der Waals surface area contributed by atoms with Crippen molar-refractivity contribution in [3.63, 3.8) is 0 Å². The second-order valence-corrected chi connectivity index (χ2v) is 10.7. The predicted molar refractivity (Wildman–Crippen MR) is 158 cm³/mol. The summed E-state index contributed by atoms with van der Waals surface area (Å²) in [5.41, 5.74) is 8.90. The molecule has 3 aliphatic rings. The van der Waals surface area contributed by atoms with Crippen molar-refractivity contribution in [1.29, 1.82) is 0 Å². The van der Waals surface area contributed by atoms with Gasteiger partial charge in [-0.05, 0) is 43.2 Å². The highest BCUT2D eigenvalue weighted by Gasteiger charge is 2.45. The summed E-state index contributed by atoms with van der Waals surface area (Å²) in [6.45, 7) is 6.07. The van der Waals surface area contributed by atoms with Crippen molar-refractivity contribution >= 4 is 40.8 Å². The minimum Gasteiger partial charge on any atom is -0.507 e. The van der Waals surface area contributed by atoms with Gasteiger partial charge in [-0.2, -0.15) is 0 Å². The molecule has 2 fully saturated rings. The lowest BCUT2D eigenvalue weighted by molar-refractivity contribution is -0.125. The summed E-state index contributed by atoms with van der Waals surface area (Å²) in [6.07, 6.45) is 0.754. The molecule has 220 valence electrons. The molecular weight excluding hydrogens is 552 g/mol. The lowest BCUT2D eigenvalue weighted by Crippen LogP contribution is -2.51. The van der Waals surface area contributed by atoms with Gasteiger partial charge in [-0.1, -0.05) is 24.8 Å². The second-order valence-electron chi connectivity index (χ2n) is 10.7. The Morgan fingerprint density at radius 1 is 1.02 bits per heavy atom. The number of imide groups is 1. The molecule has 0 saturated carbocycles. The molecule has 1 unspecified atom stereocenters. The molecule has 1 atom stereocenters. The molecule has 43 heavy (non-hydrogen) atoms. The van der Waals surface area contributed by atoms with Gasteiger partial charge < -0.3 is 26.4 Å². The zero-order valence-electron chi connectivity index (χ0n) is 23.2. The molecule has 13 heteroatoms. The largest absolute Gasteiger partial charge is 0.507 e. The van der Waals surface area contributed by atoms with Gasteiger partial charge in [-0.3, -0.25) is 29.0 Å².